The maximum atomic E-state index is 9.63. The van der Waals surface area contributed by atoms with Gasteiger partial charge >= 0.3 is 8.93 Å². The maximum absolute atomic E-state index is 9.63. The molecule has 6 heavy (non-hydrogen) atoms. The Morgan fingerprint density at radius 2 is 2.00 bits per heavy atom. The predicted molar refractivity (Wildman–Crippen MR) is 20.3 cm³/mol. The minimum atomic E-state index is -2.65. The lowest BCUT2D eigenvalue weighted by Gasteiger charge is -1.86. The molecule has 0 amide bonds. The quantitative estimate of drug-likeness (QED) is 0.413. The molecule has 0 aliphatic heterocycles. The first kappa shape index (κ1) is 5.78. The summed E-state index contributed by atoms with van der Waals surface area (Å²) in [5, 5.41) is 8.11. The lowest BCUT2D eigenvalue weighted by molar-refractivity contribution is 0.233. The van der Waals surface area contributed by atoms with E-state index in [0.29, 0.717) is 0 Å². The molecule has 1 atom stereocenters. The Morgan fingerprint density at radius 1 is 1.83 bits per heavy atom. The number of aliphatic hydroxyl groups is 1. The summed E-state index contributed by atoms with van der Waals surface area (Å²) < 4.78 is 9.63. The molecular formula is C2H6O3Si. The van der Waals surface area contributed by atoms with E-state index in [0.717, 1.165) is 0 Å². The fourth-order valence-electron chi connectivity index (χ4n) is 0. The molecule has 4 heteroatoms. The Labute approximate surface area is 37.0 Å². The highest BCUT2D eigenvalue weighted by Gasteiger charge is 2.07. The van der Waals surface area contributed by atoms with Crippen molar-refractivity contribution in [3.8, 4) is 0 Å². The third kappa shape index (κ3) is 2.04. The number of aliphatic hydroxyl groups excluding tert-OH is 1. The van der Waals surface area contributed by atoms with Crippen molar-refractivity contribution in [2.45, 2.75) is 12.7 Å². The topological polar surface area (TPSA) is 57.5 Å². The molecule has 0 radical (unpaired) electrons. The van der Waals surface area contributed by atoms with Crippen molar-refractivity contribution in [1.82, 2.24) is 0 Å². The van der Waals surface area contributed by atoms with Crippen LogP contribution in [0.1, 0.15) is 6.92 Å². The van der Waals surface area contributed by atoms with E-state index in [4.69, 9.17) is 9.90 Å². The molecule has 36 valence electrons. The minimum Gasteiger partial charge on any atom is -0.538 e. The summed E-state index contributed by atoms with van der Waals surface area (Å²) in [5.74, 6) is 0. The summed E-state index contributed by atoms with van der Waals surface area (Å²) >= 11 is 0. The predicted octanol–water partition coefficient (Wildman–Crippen LogP) is -1.18. The zero-order valence-corrected chi connectivity index (χ0v) is 4.38. The van der Waals surface area contributed by atoms with Gasteiger partial charge in [0.05, 0.1) is 0 Å². The van der Waals surface area contributed by atoms with Gasteiger partial charge in [0.25, 0.3) is 0 Å². The van der Waals surface area contributed by atoms with E-state index in [2.05, 4.69) is 0 Å². The molecule has 1 unspecified atom stereocenters. The highest BCUT2D eigenvalue weighted by Crippen LogP contribution is 1.71. The summed E-state index contributed by atoms with van der Waals surface area (Å²) in [5.41, 5.74) is -1.05. The van der Waals surface area contributed by atoms with Gasteiger partial charge in [0, 0.05) is 0 Å². The molecule has 0 bridgehead atoms. The lowest BCUT2D eigenvalue weighted by atomic mass is 10.9. The molecular weight excluding hydrogens is 100 g/mol. The first-order valence-electron chi connectivity index (χ1n) is 1.55. The van der Waals surface area contributed by atoms with Gasteiger partial charge in [0.15, 0.2) is 0 Å². The average Bonchev–Trinajstić information content (AvgIpc) is 1.36. The van der Waals surface area contributed by atoms with Crippen molar-refractivity contribution < 1.29 is 14.4 Å². The summed E-state index contributed by atoms with van der Waals surface area (Å²) in [6.45, 7) is 1.28. The normalized spacial score (nSPS) is 13.7. The Balaban J connectivity index is 3.26. The molecule has 0 rings (SSSR count). The van der Waals surface area contributed by atoms with Crippen LogP contribution in [0.4, 0.5) is 0 Å². The first-order valence-corrected chi connectivity index (χ1v) is 2.98. The van der Waals surface area contributed by atoms with Gasteiger partial charge in [0.1, 0.15) is 5.73 Å². The Kier molecular flexibility index (Phi) is 1.97. The van der Waals surface area contributed by atoms with Crippen molar-refractivity contribution in [2.75, 3.05) is 0 Å². The van der Waals surface area contributed by atoms with Crippen LogP contribution in [0, 0.1) is 0 Å². The molecule has 2 N–H and O–H groups in total. The summed E-state index contributed by atoms with van der Waals surface area (Å²) in [7, 11) is -2.65. The van der Waals surface area contributed by atoms with Gasteiger partial charge in [-0.15, -0.1) is 0 Å². The van der Waals surface area contributed by atoms with Gasteiger partial charge in [-0.1, -0.05) is 0 Å². The van der Waals surface area contributed by atoms with E-state index in [1.807, 2.05) is 0 Å². The Hall–Kier alpha value is -0.223. The standard InChI is InChI=1S/C2H6O3Si/c1-2(3)6(4)5/h2-4H,1H3. The van der Waals surface area contributed by atoms with Gasteiger partial charge in [0.2, 0.25) is 0 Å². The van der Waals surface area contributed by atoms with Crippen LogP contribution in [-0.4, -0.2) is 24.6 Å². The molecule has 0 saturated carbocycles. The van der Waals surface area contributed by atoms with Crippen LogP contribution in [0.3, 0.4) is 0 Å². The molecule has 0 heterocycles. The second kappa shape index (κ2) is 2.04. The third-order valence-electron chi connectivity index (χ3n) is 0.357. The molecule has 0 aliphatic carbocycles. The largest absolute Gasteiger partial charge is 0.538 e. The molecule has 0 aromatic heterocycles. The van der Waals surface area contributed by atoms with Crippen LogP contribution in [0.5, 0.6) is 0 Å². The summed E-state index contributed by atoms with van der Waals surface area (Å²) in [6.07, 6.45) is 0. The molecule has 0 aromatic rings. The van der Waals surface area contributed by atoms with Crippen molar-refractivity contribution in [2.24, 2.45) is 0 Å². The van der Waals surface area contributed by atoms with Crippen LogP contribution in [-0.2, 0) is 4.46 Å². The van der Waals surface area contributed by atoms with Gasteiger partial charge in [-0.2, -0.15) is 0 Å². The summed E-state index contributed by atoms with van der Waals surface area (Å²) in [4.78, 5) is 7.93. The van der Waals surface area contributed by atoms with Crippen LogP contribution < -0.4 is 0 Å². The van der Waals surface area contributed by atoms with Crippen molar-refractivity contribution in [1.29, 1.82) is 0 Å². The van der Waals surface area contributed by atoms with E-state index in [9.17, 15) is 4.46 Å². The SMILES string of the molecule is CC(O)[Si](=O)O. The molecule has 0 saturated heterocycles. The lowest BCUT2D eigenvalue weighted by Crippen LogP contribution is -2.16. The van der Waals surface area contributed by atoms with Gasteiger partial charge in [-0.05, 0) is 6.92 Å². The molecule has 0 aliphatic rings. The fourth-order valence-corrected chi connectivity index (χ4v) is 0. The van der Waals surface area contributed by atoms with Gasteiger partial charge in [-0.25, -0.2) is 0 Å². The average molecular weight is 106 g/mol. The third-order valence-corrected chi connectivity index (χ3v) is 1.07. The van der Waals surface area contributed by atoms with Crippen LogP contribution in [0.25, 0.3) is 0 Å². The van der Waals surface area contributed by atoms with E-state index in [1.165, 1.54) is 6.92 Å². The van der Waals surface area contributed by atoms with Crippen molar-refractivity contribution in [3.05, 3.63) is 0 Å². The van der Waals surface area contributed by atoms with Crippen LogP contribution in [0.2, 0.25) is 0 Å². The van der Waals surface area contributed by atoms with Crippen LogP contribution >= 0.6 is 0 Å². The Morgan fingerprint density at radius 3 is 2.00 bits per heavy atom. The van der Waals surface area contributed by atoms with E-state index < -0.39 is 14.7 Å². The molecule has 3 nitrogen and oxygen atoms in total. The number of hydrogen-bond donors (Lipinski definition) is 2. The fraction of sp³-hybridized carbons (Fsp3) is 1.00. The minimum absolute atomic E-state index is 1.05. The van der Waals surface area contributed by atoms with Gasteiger partial charge < -0.3 is 14.4 Å². The van der Waals surface area contributed by atoms with Crippen molar-refractivity contribution in [3.63, 3.8) is 0 Å². The second-order valence-corrected chi connectivity index (χ2v) is 2.53. The zero-order chi connectivity index (χ0) is 5.15. The number of rotatable bonds is 1. The van der Waals surface area contributed by atoms with Gasteiger partial charge in [-0.3, -0.25) is 0 Å². The second-order valence-electron chi connectivity index (χ2n) is 1.01. The van der Waals surface area contributed by atoms with Crippen LogP contribution in [0.15, 0.2) is 0 Å². The summed E-state index contributed by atoms with van der Waals surface area (Å²) in [6, 6.07) is 0. The molecule has 0 aromatic carbocycles. The highest BCUT2D eigenvalue weighted by molar-refractivity contribution is 6.34. The first-order chi connectivity index (χ1) is 2.64. The zero-order valence-electron chi connectivity index (χ0n) is 3.38. The molecule has 0 spiro atoms. The van der Waals surface area contributed by atoms with E-state index in [-0.39, 0.29) is 0 Å². The highest BCUT2D eigenvalue weighted by atomic mass is 28.3. The molecule has 0 fully saturated rings. The van der Waals surface area contributed by atoms with E-state index >= 15 is 0 Å². The van der Waals surface area contributed by atoms with E-state index in [1.54, 1.807) is 0 Å². The monoisotopic (exact) mass is 106 g/mol. The number of hydrogen-bond acceptors (Lipinski definition) is 2. The smallest absolute Gasteiger partial charge is 0.530 e. The maximum Gasteiger partial charge on any atom is 0.530 e. The van der Waals surface area contributed by atoms with Crippen molar-refractivity contribution >= 4 is 8.93 Å². The Bertz CT molecular complexity index is 59.8.